The van der Waals surface area contributed by atoms with Crippen LogP contribution < -0.4 is 5.32 Å². The van der Waals surface area contributed by atoms with Crippen molar-refractivity contribution in [2.45, 2.75) is 25.7 Å². The van der Waals surface area contributed by atoms with E-state index in [0.29, 0.717) is 0 Å². The van der Waals surface area contributed by atoms with Crippen LogP contribution in [0.15, 0.2) is 0 Å². The molecule has 0 radical (unpaired) electrons. The highest BCUT2D eigenvalue weighted by Crippen LogP contribution is 2.40. The lowest BCUT2D eigenvalue weighted by atomic mass is 9.71. The average molecular weight is 237 g/mol. The van der Waals surface area contributed by atoms with Crippen molar-refractivity contribution in [3.05, 3.63) is 0 Å². The monoisotopic (exact) mass is 237 g/mol. The second kappa shape index (κ2) is 4.87. The van der Waals surface area contributed by atoms with E-state index >= 15 is 0 Å². The molecule has 0 unspecified atom stereocenters. The smallest absolute Gasteiger partial charge is 0.00340 e. The Kier molecular flexibility index (Phi) is 3.42. The van der Waals surface area contributed by atoms with Gasteiger partial charge < -0.3 is 15.1 Å². The third-order valence-corrected chi connectivity index (χ3v) is 5.35. The van der Waals surface area contributed by atoms with Gasteiger partial charge in [-0.2, -0.15) is 0 Å². The van der Waals surface area contributed by atoms with Gasteiger partial charge in [-0.15, -0.1) is 0 Å². The summed E-state index contributed by atoms with van der Waals surface area (Å²) in [6.07, 6.45) is 5.81. The second-order valence-electron chi connectivity index (χ2n) is 6.63. The van der Waals surface area contributed by atoms with Crippen LogP contribution in [0.1, 0.15) is 25.7 Å². The predicted molar refractivity (Wildman–Crippen MR) is 71.2 cm³/mol. The van der Waals surface area contributed by atoms with Crippen LogP contribution in [-0.2, 0) is 0 Å². The molecule has 1 spiro atoms. The van der Waals surface area contributed by atoms with Crippen LogP contribution >= 0.6 is 0 Å². The van der Waals surface area contributed by atoms with Gasteiger partial charge >= 0.3 is 0 Å². The van der Waals surface area contributed by atoms with Crippen LogP contribution in [0, 0.1) is 11.3 Å². The SMILES string of the molecule is CN1CCC2(CC1)CCN(CC1CNC1)CC2. The van der Waals surface area contributed by atoms with Crippen LogP contribution in [-0.4, -0.2) is 62.7 Å². The summed E-state index contributed by atoms with van der Waals surface area (Å²) in [5.74, 6) is 0.946. The van der Waals surface area contributed by atoms with E-state index in [1.54, 1.807) is 0 Å². The highest BCUT2D eigenvalue weighted by molar-refractivity contribution is 4.91. The van der Waals surface area contributed by atoms with Crippen molar-refractivity contribution in [2.24, 2.45) is 11.3 Å². The number of rotatable bonds is 2. The van der Waals surface area contributed by atoms with E-state index in [4.69, 9.17) is 0 Å². The quantitative estimate of drug-likeness (QED) is 0.773. The van der Waals surface area contributed by atoms with Gasteiger partial charge in [-0.25, -0.2) is 0 Å². The number of likely N-dealkylation sites (tertiary alicyclic amines) is 2. The molecule has 0 amide bonds. The van der Waals surface area contributed by atoms with Gasteiger partial charge in [0.05, 0.1) is 0 Å². The van der Waals surface area contributed by atoms with Crippen molar-refractivity contribution in [3.8, 4) is 0 Å². The standard InChI is InChI=1S/C14H27N3/c1-16-6-2-14(3-7-16)4-8-17(9-5-14)12-13-10-15-11-13/h13,15H,2-12H2,1H3. The molecule has 3 fully saturated rings. The Hall–Kier alpha value is -0.120. The molecular formula is C14H27N3. The molecule has 0 aliphatic carbocycles. The van der Waals surface area contributed by atoms with Crippen LogP contribution in [0.4, 0.5) is 0 Å². The fraction of sp³-hybridized carbons (Fsp3) is 1.00. The van der Waals surface area contributed by atoms with E-state index in [2.05, 4.69) is 22.2 Å². The summed E-state index contributed by atoms with van der Waals surface area (Å²) in [4.78, 5) is 5.22. The molecule has 98 valence electrons. The average Bonchev–Trinajstić information content (AvgIpc) is 2.30. The fourth-order valence-electron chi connectivity index (χ4n) is 3.65. The lowest BCUT2D eigenvalue weighted by molar-refractivity contribution is 0.0339. The van der Waals surface area contributed by atoms with Crippen LogP contribution in [0.3, 0.4) is 0 Å². The third-order valence-electron chi connectivity index (χ3n) is 5.35. The van der Waals surface area contributed by atoms with Crippen molar-refractivity contribution in [2.75, 3.05) is 52.9 Å². The van der Waals surface area contributed by atoms with Crippen molar-refractivity contribution in [1.82, 2.24) is 15.1 Å². The van der Waals surface area contributed by atoms with Crippen LogP contribution in [0.5, 0.6) is 0 Å². The summed E-state index contributed by atoms with van der Waals surface area (Å²) >= 11 is 0. The molecule has 3 heterocycles. The fourth-order valence-corrected chi connectivity index (χ4v) is 3.65. The van der Waals surface area contributed by atoms with Crippen molar-refractivity contribution >= 4 is 0 Å². The van der Waals surface area contributed by atoms with E-state index in [1.165, 1.54) is 71.5 Å². The first-order valence-electron chi connectivity index (χ1n) is 7.37. The minimum absolute atomic E-state index is 0.723. The molecule has 0 aromatic carbocycles. The Labute approximate surface area is 106 Å². The molecule has 3 heteroatoms. The summed E-state index contributed by atoms with van der Waals surface area (Å²) in [7, 11) is 2.27. The predicted octanol–water partition coefficient (Wildman–Crippen LogP) is 1.01. The lowest BCUT2D eigenvalue weighted by Crippen LogP contribution is -2.51. The van der Waals surface area contributed by atoms with E-state index < -0.39 is 0 Å². The minimum atomic E-state index is 0.723. The van der Waals surface area contributed by atoms with Crippen molar-refractivity contribution in [1.29, 1.82) is 0 Å². The summed E-state index contributed by atoms with van der Waals surface area (Å²) in [6.45, 7) is 9.24. The van der Waals surface area contributed by atoms with Gasteiger partial charge in [0.1, 0.15) is 0 Å². The van der Waals surface area contributed by atoms with Crippen LogP contribution in [0.2, 0.25) is 0 Å². The number of nitrogens with one attached hydrogen (secondary N) is 1. The second-order valence-corrected chi connectivity index (χ2v) is 6.63. The Balaban J connectivity index is 1.46. The molecule has 0 saturated carbocycles. The van der Waals surface area contributed by atoms with Gasteiger partial charge in [0, 0.05) is 19.6 Å². The molecule has 0 aromatic heterocycles. The number of hydrogen-bond donors (Lipinski definition) is 1. The number of hydrogen-bond acceptors (Lipinski definition) is 3. The lowest BCUT2D eigenvalue weighted by Gasteiger charge is -2.47. The molecule has 3 aliphatic heterocycles. The number of piperidine rings is 2. The van der Waals surface area contributed by atoms with Gasteiger partial charge in [-0.3, -0.25) is 0 Å². The molecular weight excluding hydrogens is 210 g/mol. The topological polar surface area (TPSA) is 18.5 Å². The van der Waals surface area contributed by atoms with E-state index in [-0.39, 0.29) is 0 Å². The van der Waals surface area contributed by atoms with Gasteiger partial charge in [0.2, 0.25) is 0 Å². The molecule has 3 rings (SSSR count). The minimum Gasteiger partial charge on any atom is -0.316 e. The third kappa shape index (κ3) is 2.67. The Morgan fingerprint density at radius 2 is 1.59 bits per heavy atom. The van der Waals surface area contributed by atoms with Gasteiger partial charge in [0.15, 0.2) is 0 Å². The summed E-state index contributed by atoms with van der Waals surface area (Å²) < 4.78 is 0. The summed E-state index contributed by atoms with van der Waals surface area (Å²) in [5.41, 5.74) is 0.723. The van der Waals surface area contributed by atoms with E-state index in [9.17, 15) is 0 Å². The first kappa shape index (κ1) is 11.9. The van der Waals surface area contributed by atoms with Crippen molar-refractivity contribution in [3.63, 3.8) is 0 Å². The maximum absolute atomic E-state index is 3.38. The molecule has 3 nitrogen and oxygen atoms in total. The zero-order valence-corrected chi connectivity index (χ0v) is 11.2. The largest absolute Gasteiger partial charge is 0.316 e. The number of nitrogens with zero attached hydrogens (tertiary/aromatic N) is 2. The Morgan fingerprint density at radius 3 is 2.12 bits per heavy atom. The van der Waals surface area contributed by atoms with E-state index in [0.717, 1.165) is 11.3 Å². The maximum atomic E-state index is 3.38. The zero-order valence-electron chi connectivity index (χ0n) is 11.2. The zero-order chi connectivity index (χ0) is 11.7. The Bertz CT molecular complexity index is 244. The molecule has 0 bridgehead atoms. The summed E-state index contributed by atoms with van der Waals surface area (Å²) in [5, 5.41) is 3.38. The highest BCUT2D eigenvalue weighted by Gasteiger charge is 2.37. The molecule has 0 atom stereocenters. The maximum Gasteiger partial charge on any atom is 0.00340 e. The summed E-state index contributed by atoms with van der Waals surface area (Å²) in [6, 6.07) is 0. The molecule has 0 aromatic rings. The van der Waals surface area contributed by atoms with Gasteiger partial charge in [-0.1, -0.05) is 0 Å². The van der Waals surface area contributed by atoms with Crippen molar-refractivity contribution < 1.29 is 0 Å². The van der Waals surface area contributed by atoms with E-state index in [1.807, 2.05) is 0 Å². The first-order chi connectivity index (χ1) is 8.26. The Morgan fingerprint density at radius 1 is 1.00 bits per heavy atom. The normalized spacial score (nSPS) is 31.6. The highest BCUT2D eigenvalue weighted by atomic mass is 15.2. The molecule has 17 heavy (non-hydrogen) atoms. The molecule has 3 saturated heterocycles. The first-order valence-corrected chi connectivity index (χ1v) is 7.37. The molecule has 1 N–H and O–H groups in total. The van der Waals surface area contributed by atoms with Crippen LogP contribution in [0.25, 0.3) is 0 Å². The van der Waals surface area contributed by atoms with Gasteiger partial charge in [0.25, 0.3) is 0 Å². The van der Waals surface area contributed by atoms with Gasteiger partial charge in [-0.05, 0) is 70.2 Å². The molecule has 3 aliphatic rings.